The topological polar surface area (TPSA) is 136 Å². The third-order valence-electron chi connectivity index (χ3n) is 12.2. The minimum absolute atomic E-state index is 0.0266. The number of methoxy groups -OCH3 is 1. The Morgan fingerprint density at radius 3 is 2.67 bits per heavy atom. The number of aliphatic hydroxyl groups excluding tert-OH is 1. The second kappa shape index (κ2) is 6.37. The van der Waals surface area contributed by atoms with Gasteiger partial charge in [0.05, 0.1) is 43.9 Å². The molecule has 12 atom stereocenters. The predicted molar refractivity (Wildman–Crippen MR) is 121 cm³/mol. The fourth-order valence-electron chi connectivity index (χ4n) is 10.8. The molecule has 6 fully saturated rings. The van der Waals surface area contributed by atoms with Gasteiger partial charge in [-0.1, -0.05) is 20.8 Å². The Kier molecular flexibility index (Phi) is 4.10. The number of furan rings is 1. The Bertz CT molecular complexity index is 1170. The molecule has 3 N–H and O–H groups in total. The highest BCUT2D eigenvalue weighted by Gasteiger charge is 2.94. The Labute approximate surface area is 209 Å². The number of carbonyl (C=O) groups is 2. The van der Waals surface area contributed by atoms with Gasteiger partial charge in [0.2, 0.25) is 0 Å². The molecule has 7 rings (SSSR count). The molecule has 4 saturated carbocycles. The lowest BCUT2D eigenvalue weighted by atomic mass is 9.45. The van der Waals surface area contributed by atoms with Crippen LogP contribution in [0.2, 0.25) is 0 Å². The summed E-state index contributed by atoms with van der Waals surface area (Å²) in [6.45, 7) is 5.85. The summed E-state index contributed by atoms with van der Waals surface area (Å²) < 4.78 is 23.1. The first kappa shape index (κ1) is 23.2. The lowest BCUT2D eigenvalue weighted by Crippen LogP contribution is -2.72. The molecule has 36 heavy (non-hydrogen) atoms. The summed E-state index contributed by atoms with van der Waals surface area (Å²) in [6, 6.07) is 1.76. The minimum Gasteiger partial charge on any atom is -0.472 e. The van der Waals surface area contributed by atoms with E-state index in [0.717, 1.165) is 0 Å². The van der Waals surface area contributed by atoms with Crippen LogP contribution < -0.4 is 0 Å². The van der Waals surface area contributed by atoms with Crippen LogP contribution in [0.15, 0.2) is 23.0 Å². The van der Waals surface area contributed by atoms with Gasteiger partial charge in [0, 0.05) is 34.1 Å². The smallest absolute Gasteiger partial charge is 0.309 e. The van der Waals surface area contributed by atoms with Crippen LogP contribution >= 0.6 is 0 Å². The maximum Gasteiger partial charge on any atom is 0.309 e. The summed E-state index contributed by atoms with van der Waals surface area (Å²) in [7, 11) is 1.34. The highest BCUT2D eigenvalue weighted by molar-refractivity contribution is 5.74. The number of ether oxygens (including phenoxy) is 3. The highest BCUT2D eigenvalue weighted by Crippen LogP contribution is 2.85. The molecule has 0 radical (unpaired) electrons. The van der Waals surface area contributed by atoms with Gasteiger partial charge in [-0.3, -0.25) is 9.59 Å². The summed E-state index contributed by atoms with van der Waals surface area (Å²) in [5, 5.41) is 37.4. The second-order valence-corrected chi connectivity index (χ2v) is 13.0. The Morgan fingerprint density at radius 1 is 1.25 bits per heavy atom. The Morgan fingerprint density at radius 2 is 2.00 bits per heavy atom. The van der Waals surface area contributed by atoms with Crippen molar-refractivity contribution in [3.63, 3.8) is 0 Å². The van der Waals surface area contributed by atoms with Crippen LogP contribution in [0, 0.1) is 34.0 Å². The van der Waals surface area contributed by atoms with Crippen LogP contribution in [-0.2, 0) is 23.8 Å². The number of aliphatic hydroxyl groups is 3. The number of hydrogen-bond acceptors (Lipinski definition) is 9. The summed E-state index contributed by atoms with van der Waals surface area (Å²) >= 11 is 0. The monoisotopic (exact) mass is 502 g/mol. The van der Waals surface area contributed by atoms with Crippen LogP contribution in [0.1, 0.15) is 64.5 Å². The summed E-state index contributed by atoms with van der Waals surface area (Å²) in [4.78, 5) is 25.8. The van der Waals surface area contributed by atoms with Crippen molar-refractivity contribution in [2.75, 3.05) is 7.11 Å². The molecule has 0 amide bonds. The van der Waals surface area contributed by atoms with E-state index in [4.69, 9.17) is 18.6 Å². The zero-order chi connectivity index (χ0) is 25.7. The molecule has 2 saturated heterocycles. The van der Waals surface area contributed by atoms with E-state index in [1.54, 1.807) is 12.3 Å². The normalized spacial score (nSPS) is 57.9. The van der Waals surface area contributed by atoms with Gasteiger partial charge in [-0.15, -0.1) is 0 Å². The van der Waals surface area contributed by atoms with Gasteiger partial charge in [0.15, 0.2) is 0 Å². The number of hydrogen-bond donors (Lipinski definition) is 3. The third kappa shape index (κ3) is 2.01. The number of esters is 2. The van der Waals surface area contributed by atoms with Crippen molar-refractivity contribution in [3.8, 4) is 0 Å². The molecular weight excluding hydrogens is 468 g/mol. The average Bonchev–Trinajstić information content (AvgIpc) is 3.50. The molecule has 9 heteroatoms. The highest BCUT2D eigenvalue weighted by atomic mass is 16.6. The van der Waals surface area contributed by atoms with Crippen molar-refractivity contribution in [2.24, 2.45) is 34.0 Å². The van der Waals surface area contributed by atoms with Gasteiger partial charge < -0.3 is 33.9 Å². The quantitative estimate of drug-likeness (QED) is 0.529. The maximum absolute atomic E-state index is 13.2. The summed E-state index contributed by atoms with van der Waals surface area (Å²) in [5.41, 5.74) is -6.24. The summed E-state index contributed by atoms with van der Waals surface area (Å²) in [6.07, 6.45) is 1.64. The first-order chi connectivity index (χ1) is 16.8. The van der Waals surface area contributed by atoms with Crippen molar-refractivity contribution in [2.45, 2.75) is 88.0 Å². The number of cyclic esters (lactones) is 1. The van der Waals surface area contributed by atoms with Crippen LogP contribution in [-0.4, -0.2) is 63.4 Å². The van der Waals surface area contributed by atoms with Gasteiger partial charge in [0.1, 0.15) is 17.3 Å². The van der Waals surface area contributed by atoms with Crippen molar-refractivity contribution in [3.05, 3.63) is 24.2 Å². The first-order valence-electron chi connectivity index (χ1n) is 12.9. The first-order valence-corrected chi connectivity index (χ1v) is 12.9. The lowest BCUT2D eigenvalue weighted by Gasteiger charge is -2.63. The molecule has 9 nitrogen and oxygen atoms in total. The van der Waals surface area contributed by atoms with Gasteiger partial charge in [-0.05, 0) is 37.2 Å². The Hall–Kier alpha value is -1.94. The molecule has 6 aliphatic rings. The zero-order valence-electron chi connectivity index (χ0n) is 21.0. The Balaban J connectivity index is 1.47. The fraction of sp³-hybridized carbons (Fsp3) is 0.778. The molecule has 1 aromatic heterocycles. The molecule has 2 bridgehead atoms. The van der Waals surface area contributed by atoms with E-state index < -0.39 is 81.1 Å². The van der Waals surface area contributed by atoms with Crippen LogP contribution in [0.5, 0.6) is 0 Å². The van der Waals surface area contributed by atoms with Gasteiger partial charge in [-0.2, -0.15) is 0 Å². The van der Waals surface area contributed by atoms with Gasteiger partial charge >= 0.3 is 11.9 Å². The summed E-state index contributed by atoms with van der Waals surface area (Å²) in [5.74, 6) is -2.59. The molecule has 3 heterocycles. The molecule has 1 aromatic rings. The van der Waals surface area contributed by atoms with Crippen molar-refractivity contribution in [1.82, 2.24) is 0 Å². The predicted octanol–water partition coefficient (Wildman–Crippen LogP) is 1.88. The van der Waals surface area contributed by atoms with Crippen LogP contribution in [0.3, 0.4) is 0 Å². The number of rotatable bonds is 3. The molecule has 0 aromatic carbocycles. The van der Waals surface area contributed by atoms with Crippen molar-refractivity contribution < 1.29 is 43.5 Å². The molecule has 2 aliphatic heterocycles. The van der Waals surface area contributed by atoms with Crippen LogP contribution in [0.4, 0.5) is 0 Å². The molecular formula is C27H34O9. The minimum atomic E-state index is -1.60. The van der Waals surface area contributed by atoms with E-state index >= 15 is 0 Å². The number of fused-ring (bicyclic) bond motifs is 2. The van der Waals surface area contributed by atoms with Crippen molar-refractivity contribution >= 4 is 11.9 Å². The van der Waals surface area contributed by atoms with E-state index in [1.165, 1.54) is 13.4 Å². The maximum atomic E-state index is 13.2. The van der Waals surface area contributed by atoms with E-state index in [-0.39, 0.29) is 19.3 Å². The molecule has 1 spiro atoms. The molecule has 196 valence electrons. The SMILES string of the molecule is COC(=O)C[C@@H]1[C@@]2(C)CC3(O)C4C(O[C@@]56CC(=O)O[C@@H](c7ccoc7)[C@@]5(C)CC[C@@H]([C@@]13C)[C@@]46O)[C@@H]2O. The van der Waals surface area contributed by atoms with E-state index in [0.29, 0.717) is 18.4 Å². The van der Waals surface area contributed by atoms with E-state index in [2.05, 4.69) is 0 Å². The molecule has 3 unspecified atom stereocenters. The largest absolute Gasteiger partial charge is 0.472 e. The second-order valence-electron chi connectivity index (χ2n) is 13.0. The van der Waals surface area contributed by atoms with E-state index in [9.17, 15) is 24.9 Å². The van der Waals surface area contributed by atoms with Crippen LogP contribution in [0.25, 0.3) is 0 Å². The average molecular weight is 503 g/mol. The standard InChI is InChI=1S/C27H34O9/c1-22-12-25(31)19-18(20(22)30)36-26-10-17(29)35-21(13-6-8-34-11-13)23(26,2)7-5-14(27(19,26)32)24(25,3)15(22)9-16(28)33-4/h6,8,11,14-15,18-21,30-32H,5,7,9-10,12H2,1-4H3/t14-,15+,18?,19?,20-,21-,22+,23+,24-,25?,26-,27+/m0/s1. The van der Waals surface area contributed by atoms with Gasteiger partial charge in [0.25, 0.3) is 0 Å². The number of carbonyl (C=O) groups excluding carboxylic acids is 2. The lowest BCUT2D eigenvalue weighted by molar-refractivity contribution is -0.298. The fourth-order valence-corrected chi connectivity index (χ4v) is 10.8. The zero-order valence-corrected chi connectivity index (χ0v) is 21.0. The van der Waals surface area contributed by atoms with Crippen molar-refractivity contribution in [1.29, 1.82) is 0 Å². The molecule has 4 aliphatic carbocycles. The van der Waals surface area contributed by atoms with Gasteiger partial charge in [-0.25, -0.2) is 0 Å². The third-order valence-corrected chi connectivity index (χ3v) is 12.2. The van der Waals surface area contributed by atoms with E-state index in [1.807, 2.05) is 20.8 Å².